The molecular weight excluding hydrogens is 467 g/mol. The molecule has 19 heteroatoms. The van der Waals surface area contributed by atoms with E-state index in [4.69, 9.17) is 0 Å². The predicted molar refractivity (Wildman–Crippen MR) is 54.2 cm³/mol. The van der Waals surface area contributed by atoms with Crippen molar-refractivity contribution < 1.29 is 81.2 Å². The molecular formula is C9H2F13O5S-. The van der Waals surface area contributed by atoms with Gasteiger partial charge in [0, 0.05) is 0 Å². The minimum absolute atomic E-state index is 1.58. The van der Waals surface area contributed by atoms with Gasteiger partial charge in [-0.15, -0.1) is 0 Å². The third-order valence-corrected chi connectivity index (χ3v) is 3.88. The number of hydrogen-bond donors (Lipinski definition) is 0. The van der Waals surface area contributed by atoms with Crippen LogP contribution in [0.3, 0.4) is 0 Å². The van der Waals surface area contributed by atoms with Gasteiger partial charge in [-0.05, 0) is 0 Å². The van der Waals surface area contributed by atoms with Crippen LogP contribution in [0.2, 0.25) is 0 Å². The maximum Gasteiger partial charge on any atom is 0.415 e. The minimum atomic E-state index is -7.51. The van der Waals surface area contributed by atoms with Crippen LogP contribution in [0.4, 0.5) is 57.1 Å². The molecule has 0 N–H and O–H groups in total. The van der Waals surface area contributed by atoms with E-state index in [2.05, 4.69) is 14.1 Å². The Morgan fingerprint density at radius 3 is 1.50 bits per heavy atom. The Labute approximate surface area is 147 Å². The molecule has 0 aromatic rings. The zero-order valence-electron chi connectivity index (χ0n) is 12.1. The van der Waals surface area contributed by atoms with Gasteiger partial charge < -0.3 is 9.99 Å². The van der Waals surface area contributed by atoms with Gasteiger partial charge in [0.05, 0.1) is 0 Å². The first-order chi connectivity index (χ1) is 12.2. The van der Waals surface area contributed by atoms with Crippen LogP contribution in [0.5, 0.6) is 0 Å². The van der Waals surface area contributed by atoms with E-state index in [9.17, 15) is 67.1 Å². The van der Waals surface area contributed by atoms with Gasteiger partial charge in [-0.2, -0.15) is 57.0 Å². The number of hydrogen-bond acceptors (Lipinski definition) is 6. The quantitative estimate of drug-likeness (QED) is 0.196. The number of rotatable bonds is 6. The molecule has 1 aliphatic carbocycles. The fourth-order valence-corrected chi connectivity index (χ4v) is 2.05. The standard InChI is InChI=1S/C9H3F13O5S/c10-3(1-25-2(23)4(11,12)28-27-26-24)5(13,14)7(17,18)9(21,22)8(19,20)6(3,15)16/h24H,1H2/p-1. The van der Waals surface area contributed by atoms with Crippen molar-refractivity contribution in [2.45, 2.75) is 40.5 Å². The number of alkyl halides is 13. The molecule has 0 aromatic carbocycles. The summed E-state index contributed by atoms with van der Waals surface area (Å²) in [5, 5.41) is 6.39. The minimum Gasteiger partial charge on any atom is -0.691 e. The highest BCUT2D eigenvalue weighted by Gasteiger charge is 3.01. The van der Waals surface area contributed by atoms with E-state index in [1.54, 1.807) is 0 Å². The number of halogens is 13. The van der Waals surface area contributed by atoms with Gasteiger partial charge in [0.25, 0.3) is 5.67 Å². The predicted octanol–water partition coefficient (Wildman–Crippen LogP) is 2.89. The summed E-state index contributed by atoms with van der Waals surface area (Å²) >= 11 is -1.58. The molecule has 0 saturated heterocycles. The van der Waals surface area contributed by atoms with Crippen LogP contribution in [0, 0.1) is 0 Å². The fraction of sp³-hybridized carbons (Fsp3) is 0.889. The maximum absolute atomic E-state index is 14.0. The van der Waals surface area contributed by atoms with Crippen molar-refractivity contribution in [3.8, 4) is 0 Å². The van der Waals surface area contributed by atoms with Crippen molar-refractivity contribution in [2.75, 3.05) is 6.61 Å². The first-order valence-electron chi connectivity index (χ1n) is 5.96. The van der Waals surface area contributed by atoms with E-state index < -0.39 is 65.2 Å². The van der Waals surface area contributed by atoms with Crippen LogP contribution in [0.25, 0.3) is 0 Å². The van der Waals surface area contributed by atoms with E-state index in [0.717, 1.165) is 0 Å². The zero-order valence-corrected chi connectivity index (χ0v) is 12.9. The molecule has 1 aliphatic rings. The van der Waals surface area contributed by atoms with Crippen molar-refractivity contribution in [3.05, 3.63) is 0 Å². The maximum atomic E-state index is 14.0. The molecule has 0 atom stereocenters. The summed E-state index contributed by atoms with van der Waals surface area (Å²) in [4.78, 5) is 10.8. The first kappa shape index (κ1) is 24.8. The molecule has 0 amide bonds. The molecule has 5 nitrogen and oxygen atoms in total. The summed E-state index contributed by atoms with van der Waals surface area (Å²) in [5.41, 5.74) is -6.78. The van der Waals surface area contributed by atoms with Crippen molar-refractivity contribution in [3.63, 3.8) is 0 Å². The summed E-state index contributed by atoms with van der Waals surface area (Å²) in [7, 11) is 0. The summed E-state index contributed by atoms with van der Waals surface area (Å²) in [6, 6.07) is 0. The van der Waals surface area contributed by atoms with Crippen LogP contribution < -0.4 is 5.26 Å². The van der Waals surface area contributed by atoms with Crippen LogP contribution in [0.1, 0.15) is 0 Å². The van der Waals surface area contributed by atoms with Gasteiger partial charge in [0.1, 0.15) is 18.6 Å². The van der Waals surface area contributed by atoms with Crippen LogP contribution in [-0.4, -0.2) is 53.1 Å². The van der Waals surface area contributed by atoms with Crippen molar-refractivity contribution >= 4 is 18.0 Å². The normalized spacial score (nSPS) is 26.5. The second-order valence-corrected chi connectivity index (χ2v) is 5.80. The van der Waals surface area contributed by atoms with Crippen LogP contribution in [0.15, 0.2) is 0 Å². The van der Waals surface area contributed by atoms with Crippen molar-refractivity contribution in [2.24, 2.45) is 0 Å². The SMILES string of the molecule is O=C(OCC1(F)C(F)(F)C(F)(F)C(F)(F)C(F)(F)C1(F)F)C(F)(F)SOO[O-]. The fourth-order valence-electron chi connectivity index (χ4n) is 1.81. The Morgan fingerprint density at radius 1 is 0.786 bits per heavy atom. The first-order valence-corrected chi connectivity index (χ1v) is 6.70. The van der Waals surface area contributed by atoms with Crippen molar-refractivity contribution in [1.29, 1.82) is 0 Å². The number of carbonyl (C=O) groups is 1. The number of esters is 1. The van der Waals surface area contributed by atoms with E-state index in [-0.39, 0.29) is 0 Å². The summed E-state index contributed by atoms with van der Waals surface area (Å²) in [5.74, 6) is -40.5. The highest BCUT2D eigenvalue weighted by molar-refractivity contribution is 7.96. The molecule has 0 unspecified atom stereocenters. The lowest BCUT2D eigenvalue weighted by Crippen LogP contribution is -2.84. The lowest BCUT2D eigenvalue weighted by molar-refractivity contribution is -0.777. The smallest absolute Gasteiger partial charge is 0.415 e. The molecule has 0 spiro atoms. The van der Waals surface area contributed by atoms with E-state index in [1.165, 1.54) is 0 Å². The van der Waals surface area contributed by atoms with Crippen LogP contribution >= 0.6 is 12.0 Å². The third-order valence-electron chi connectivity index (χ3n) is 3.38. The van der Waals surface area contributed by atoms with E-state index in [0.29, 0.717) is 0 Å². The largest absolute Gasteiger partial charge is 0.691 e. The van der Waals surface area contributed by atoms with E-state index >= 15 is 0 Å². The second kappa shape index (κ2) is 6.66. The molecule has 0 heterocycles. The highest BCUT2D eigenvalue weighted by Crippen LogP contribution is 2.69. The van der Waals surface area contributed by atoms with Gasteiger partial charge in [0.2, 0.25) is 0 Å². The molecule has 1 saturated carbocycles. The summed E-state index contributed by atoms with van der Waals surface area (Å²) < 4.78 is 178. The molecule has 0 bridgehead atoms. The summed E-state index contributed by atoms with van der Waals surface area (Å²) in [6.07, 6.45) is 0. The Bertz CT molecular complexity index is 594. The highest BCUT2D eigenvalue weighted by atomic mass is 32.2. The number of carbonyl (C=O) groups excluding carboxylic acids is 1. The van der Waals surface area contributed by atoms with Crippen molar-refractivity contribution in [1.82, 2.24) is 0 Å². The van der Waals surface area contributed by atoms with Gasteiger partial charge >= 0.3 is 40.8 Å². The molecule has 0 radical (unpaired) electrons. The monoisotopic (exact) mass is 469 g/mol. The second-order valence-electron chi connectivity index (χ2n) is 4.99. The Morgan fingerprint density at radius 2 is 1.14 bits per heavy atom. The molecule has 28 heavy (non-hydrogen) atoms. The molecule has 0 aliphatic heterocycles. The van der Waals surface area contributed by atoms with Gasteiger partial charge in [-0.25, -0.2) is 9.18 Å². The van der Waals surface area contributed by atoms with Crippen LogP contribution in [-0.2, 0) is 18.9 Å². The van der Waals surface area contributed by atoms with E-state index in [1.807, 2.05) is 0 Å². The topological polar surface area (TPSA) is 67.8 Å². The zero-order chi connectivity index (χ0) is 22.6. The average molecular weight is 469 g/mol. The van der Waals surface area contributed by atoms with Gasteiger partial charge in [-0.1, -0.05) is 0 Å². The Kier molecular flexibility index (Phi) is 5.90. The van der Waals surface area contributed by atoms with Gasteiger partial charge in [0.15, 0.2) is 0 Å². The average Bonchev–Trinajstić information content (AvgIpc) is 2.55. The Hall–Kier alpha value is -1.21. The lowest BCUT2D eigenvalue weighted by atomic mass is 9.72. The van der Waals surface area contributed by atoms with Gasteiger partial charge in [-0.3, -0.25) is 5.04 Å². The number of ether oxygens (including phenoxy) is 1. The molecule has 166 valence electrons. The Balaban J connectivity index is 3.37. The molecule has 1 rings (SSSR count). The molecule has 0 aromatic heterocycles. The third kappa shape index (κ3) is 2.88. The summed E-state index contributed by atoms with van der Waals surface area (Å²) in [6.45, 7) is -3.65. The molecule has 1 fully saturated rings. The lowest BCUT2D eigenvalue weighted by Gasteiger charge is -2.52.